The van der Waals surface area contributed by atoms with Gasteiger partial charge in [-0.25, -0.2) is 9.22 Å². The van der Waals surface area contributed by atoms with Crippen molar-refractivity contribution in [3.05, 3.63) is 59.2 Å². The number of hydrazine groups is 1. The number of aliphatic carboxylic acids is 1. The number of carbonyl (C=O) groups excluding carboxylic acids is 1. The lowest BCUT2D eigenvalue weighted by Crippen LogP contribution is -2.60. The van der Waals surface area contributed by atoms with E-state index < -0.39 is 29.2 Å². The normalized spacial score (nSPS) is 15.1. The molecule has 0 radical (unpaired) electrons. The van der Waals surface area contributed by atoms with Crippen molar-refractivity contribution in [1.29, 1.82) is 5.26 Å². The van der Waals surface area contributed by atoms with E-state index in [1.54, 1.807) is 37.1 Å². The second kappa shape index (κ2) is 14.6. The van der Waals surface area contributed by atoms with Crippen LogP contribution in [0.5, 0.6) is 5.75 Å². The fraction of sp³-hybridized carbons (Fsp3) is 0.414. The Bertz CT molecular complexity index is 1350. The molecular formula is C29H35N5O6S. The van der Waals surface area contributed by atoms with Gasteiger partial charge in [0, 0.05) is 43.0 Å². The maximum atomic E-state index is 12.5. The Hall–Kier alpha value is -3.94. The van der Waals surface area contributed by atoms with Gasteiger partial charge >= 0.3 is 5.97 Å². The first-order valence-electron chi connectivity index (χ1n) is 13.2. The summed E-state index contributed by atoms with van der Waals surface area (Å²) in [6, 6.07) is 13.6. The molecule has 1 fully saturated rings. The molecule has 12 heteroatoms. The van der Waals surface area contributed by atoms with Crippen LogP contribution in [0.15, 0.2) is 42.5 Å². The monoisotopic (exact) mass is 581 g/mol. The van der Waals surface area contributed by atoms with Crippen molar-refractivity contribution in [2.24, 2.45) is 5.92 Å². The lowest BCUT2D eigenvalue weighted by atomic mass is 10.1. The molecule has 2 atom stereocenters. The quantitative estimate of drug-likeness (QED) is 0.219. The number of carbonyl (C=O) groups is 2. The van der Waals surface area contributed by atoms with Gasteiger partial charge in [0.25, 0.3) is 5.91 Å². The number of carboxylic acids is 1. The van der Waals surface area contributed by atoms with E-state index in [1.807, 2.05) is 44.2 Å². The Morgan fingerprint density at radius 3 is 2.20 bits per heavy atom. The molecule has 1 aliphatic heterocycles. The van der Waals surface area contributed by atoms with Crippen LogP contribution in [0.3, 0.4) is 0 Å². The fourth-order valence-electron chi connectivity index (χ4n) is 4.41. The highest BCUT2D eigenvalue weighted by molar-refractivity contribution is 7.76. The number of nitrogens with zero attached hydrogens (tertiary/aromatic N) is 4. The molecule has 2 aromatic rings. The minimum Gasteiger partial charge on any atom is -0.490 e. The predicted octanol–water partition coefficient (Wildman–Crippen LogP) is 2.71. The smallest absolute Gasteiger partial charge is 0.323 e. The Morgan fingerprint density at radius 2 is 1.66 bits per heavy atom. The molecule has 1 amide bonds. The zero-order chi connectivity index (χ0) is 30.1. The third kappa shape index (κ3) is 8.52. The number of hydrogen-bond acceptors (Lipinski definition) is 7. The summed E-state index contributed by atoms with van der Waals surface area (Å²) in [4.78, 5) is 26.4. The first kappa shape index (κ1) is 31.6. The van der Waals surface area contributed by atoms with Crippen molar-refractivity contribution in [3.63, 3.8) is 0 Å². The van der Waals surface area contributed by atoms with Gasteiger partial charge in [0.2, 0.25) is 11.3 Å². The molecule has 218 valence electrons. The maximum Gasteiger partial charge on any atom is 0.323 e. The Kier molecular flexibility index (Phi) is 11.3. The number of hydrogen-bond donors (Lipinski definition) is 3. The summed E-state index contributed by atoms with van der Waals surface area (Å²) in [7, 11) is 0. The number of amides is 1. The van der Waals surface area contributed by atoms with Crippen molar-refractivity contribution in [2.75, 3.05) is 37.6 Å². The van der Waals surface area contributed by atoms with E-state index in [2.05, 4.69) is 22.1 Å². The Balaban J connectivity index is 1.70. The van der Waals surface area contributed by atoms with E-state index in [0.717, 1.165) is 15.7 Å². The molecule has 1 heterocycles. The van der Waals surface area contributed by atoms with Crippen molar-refractivity contribution >= 4 is 28.8 Å². The third-order valence-corrected chi connectivity index (χ3v) is 7.09. The van der Waals surface area contributed by atoms with Gasteiger partial charge in [-0.05, 0) is 62.2 Å². The van der Waals surface area contributed by atoms with Gasteiger partial charge in [0.15, 0.2) is 0 Å². The van der Waals surface area contributed by atoms with Crippen LogP contribution in [-0.2, 0) is 16.1 Å². The van der Waals surface area contributed by atoms with Gasteiger partial charge < -0.3 is 20.1 Å². The summed E-state index contributed by atoms with van der Waals surface area (Å²) in [6.07, 6.45) is -0.129. The highest BCUT2D eigenvalue weighted by Crippen LogP contribution is 2.23. The van der Waals surface area contributed by atoms with Crippen LogP contribution in [-0.4, -0.2) is 80.0 Å². The van der Waals surface area contributed by atoms with Crippen molar-refractivity contribution in [3.8, 4) is 23.7 Å². The first-order valence-corrected chi connectivity index (χ1v) is 14.3. The molecule has 2 unspecified atom stereocenters. The lowest BCUT2D eigenvalue weighted by molar-refractivity contribution is -0.148. The van der Waals surface area contributed by atoms with Gasteiger partial charge in [0.1, 0.15) is 18.3 Å². The van der Waals surface area contributed by atoms with Crippen molar-refractivity contribution in [2.45, 2.75) is 39.8 Å². The molecule has 0 saturated carbocycles. The number of carboxylic acid groups (broad SMARTS) is 1. The number of benzene rings is 2. The molecule has 2 aromatic carbocycles. The summed E-state index contributed by atoms with van der Waals surface area (Å²) in [5.74, 6) is 4.69. The maximum absolute atomic E-state index is 12.5. The molecule has 41 heavy (non-hydrogen) atoms. The summed E-state index contributed by atoms with van der Waals surface area (Å²) in [6.45, 7) is 8.91. The van der Waals surface area contributed by atoms with E-state index in [0.29, 0.717) is 43.1 Å². The van der Waals surface area contributed by atoms with Crippen LogP contribution in [0.1, 0.15) is 49.2 Å². The van der Waals surface area contributed by atoms with Gasteiger partial charge in [-0.1, -0.05) is 25.7 Å². The first-order chi connectivity index (χ1) is 19.5. The predicted molar refractivity (Wildman–Crippen MR) is 155 cm³/mol. The molecule has 11 nitrogen and oxygen atoms in total. The number of anilines is 1. The van der Waals surface area contributed by atoms with Crippen molar-refractivity contribution < 1.29 is 28.2 Å². The summed E-state index contributed by atoms with van der Waals surface area (Å²) < 4.78 is 28.7. The minimum absolute atomic E-state index is 0.114. The second-order valence-corrected chi connectivity index (χ2v) is 10.9. The largest absolute Gasteiger partial charge is 0.490 e. The fourth-order valence-corrected chi connectivity index (χ4v) is 5.30. The molecule has 0 bridgehead atoms. The van der Waals surface area contributed by atoms with Crippen molar-refractivity contribution in [1.82, 2.24) is 14.7 Å². The van der Waals surface area contributed by atoms with Gasteiger partial charge in [-0.2, -0.15) is 5.26 Å². The van der Waals surface area contributed by atoms with E-state index in [9.17, 15) is 23.5 Å². The molecule has 0 aliphatic carbocycles. The number of piperazine rings is 1. The third-order valence-electron chi connectivity index (χ3n) is 6.32. The standard InChI is InChI=1S/C29H35N5O6S/c1-20(2)27(29(36)37)34(41(38)39)33-17-15-32(16-18-33)24-10-7-22(8-11-24)5-6-23-9-12-26(40-21(3)4)25(19-23)28(35)31-14-13-30/h7-12,19-21,27H,14-18H2,1-4H3,(H,31,35)(H,36,37)(H,38,39). The highest BCUT2D eigenvalue weighted by atomic mass is 32.2. The van der Waals surface area contributed by atoms with Crippen LogP contribution in [0.2, 0.25) is 0 Å². The lowest BCUT2D eigenvalue weighted by Gasteiger charge is -2.42. The summed E-state index contributed by atoms with van der Waals surface area (Å²) in [5, 5.41) is 22.6. The summed E-state index contributed by atoms with van der Waals surface area (Å²) >= 11 is -2.46. The summed E-state index contributed by atoms with van der Waals surface area (Å²) in [5.41, 5.74) is 2.66. The zero-order valence-corrected chi connectivity index (χ0v) is 24.4. The van der Waals surface area contributed by atoms with Crippen LogP contribution >= 0.6 is 0 Å². The van der Waals surface area contributed by atoms with Crippen LogP contribution in [0, 0.1) is 29.1 Å². The van der Waals surface area contributed by atoms with Crippen LogP contribution in [0.4, 0.5) is 5.69 Å². The van der Waals surface area contributed by atoms with E-state index in [4.69, 9.17) is 10.00 Å². The molecule has 1 saturated heterocycles. The van der Waals surface area contributed by atoms with Crippen LogP contribution < -0.4 is 15.0 Å². The Morgan fingerprint density at radius 1 is 1.05 bits per heavy atom. The van der Waals surface area contributed by atoms with Crippen LogP contribution in [0.25, 0.3) is 0 Å². The number of ether oxygens (including phenoxy) is 1. The minimum atomic E-state index is -2.46. The van der Waals surface area contributed by atoms with Gasteiger partial charge in [-0.3, -0.25) is 14.1 Å². The Labute approximate surface area is 243 Å². The van der Waals surface area contributed by atoms with E-state index >= 15 is 0 Å². The van der Waals surface area contributed by atoms with Gasteiger partial charge in [-0.15, -0.1) is 4.41 Å². The second-order valence-electron chi connectivity index (χ2n) is 10.0. The zero-order valence-electron chi connectivity index (χ0n) is 23.5. The molecule has 0 spiro atoms. The highest BCUT2D eigenvalue weighted by Gasteiger charge is 2.38. The van der Waals surface area contributed by atoms with Gasteiger partial charge in [0.05, 0.1) is 17.7 Å². The average Bonchev–Trinajstić information content (AvgIpc) is 2.93. The molecular weight excluding hydrogens is 546 g/mol. The topological polar surface area (TPSA) is 146 Å². The average molecular weight is 582 g/mol. The number of rotatable bonds is 10. The number of nitrogens with one attached hydrogen (secondary N) is 1. The van der Waals surface area contributed by atoms with E-state index in [1.165, 1.54) is 0 Å². The molecule has 1 aliphatic rings. The molecule has 3 N–H and O–H groups in total. The molecule has 3 rings (SSSR count). The SMILES string of the molecule is CC(C)Oc1ccc(C#Cc2ccc(N3CCN(N(C(C(=O)O)C(C)C)S(=O)O)CC3)cc2)cc1C(=O)NCC#N. The van der Waals surface area contributed by atoms with E-state index in [-0.39, 0.29) is 18.6 Å². The number of nitriles is 1. The molecule has 0 aromatic heterocycles.